The number of hydrogen-bond acceptors (Lipinski definition) is 2. The zero-order valence-corrected chi connectivity index (χ0v) is 11.9. The van der Waals surface area contributed by atoms with Crippen molar-refractivity contribution in [1.29, 1.82) is 0 Å². The van der Waals surface area contributed by atoms with Gasteiger partial charge in [0.1, 0.15) is 5.82 Å². The number of para-hydroxylation sites is 1. The predicted octanol–water partition coefficient (Wildman–Crippen LogP) is 3.90. The lowest BCUT2D eigenvalue weighted by molar-refractivity contribution is 0.0105. The fourth-order valence-electron chi connectivity index (χ4n) is 5.36. The number of rotatable bonds is 3. The summed E-state index contributed by atoms with van der Waals surface area (Å²) in [6.45, 7) is 0. The first-order valence-corrected chi connectivity index (χ1v) is 7.85. The third kappa shape index (κ3) is 2.12. The van der Waals surface area contributed by atoms with Crippen molar-refractivity contribution in [2.45, 2.75) is 44.1 Å². The van der Waals surface area contributed by atoms with Crippen LogP contribution in [0.15, 0.2) is 18.2 Å². The minimum atomic E-state index is -1.07. The van der Waals surface area contributed by atoms with E-state index >= 15 is 0 Å². The maximum atomic E-state index is 14.2. The number of hydrogen-bond donors (Lipinski definition) is 2. The highest BCUT2D eigenvalue weighted by molar-refractivity contribution is 5.94. The van der Waals surface area contributed by atoms with E-state index in [2.05, 4.69) is 5.32 Å². The molecule has 112 valence electrons. The molecule has 0 spiro atoms. The molecule has 2 N–H and O–H groups in total. The van der Waals surface area contributed by atoms with Crippen molar-refractivity contribution < 1.29 is 14.3 Å². The summed E-state index contributed by atoms with van der Waals surface area (Å²) in [7, 11) is 0. The molecule has 5 rings (SSSR count). The molecular formula is C17H20FNO2. The van der Waals surface area contributed by atoms with Crippen LogP contribution in [-0.2, 0) is 0 Å². The minimum absolute atomic E-state index is 0.0470. The van der Waals surface area contributed by atoms with Gasteiger partial charge in [0.05, 0.1) is 11.3 Å². The van der Waals surface area contributed by atoms with Crippen molar-refractivity contribution in [2.75, 3.05) is 5.32 Å². The Balaban J connectivity index is 1.69. The summed E-state index contributed by atoms with van der Waals surface area (Å²) in [6.07, 6.45) is 7.11. The largest absolute Gasteiger partial charge is 0.478 e. The predicted molar refractivity (Wildman–Crippen MR) is 77.9 cm³/mol. The third-order valence-corrected chi connectivity index (χ3v) is 5.67. The number of carboxylic acids is 1. The minimum Gasteiger partial charge on any atom is -0.478 e. The van der Waals surface area contributed by atoms with Crippen LogP contribution in [0.4, 0.5) is 10.1 Å². The Kier molecular flexibility index (Phi) is 2.78. The Morgan fingerprint density at radius 1 is 1.14 bits per heavy atom. The van der Waals surface area contributed by atoms with E-state index in [4.69, 9.17) is 0 Å². The topological polar surface area (TPSA) is 49.3 Å². The molecule has 4 aliphatic rings. The molecule has 0 radical (unpaired) electrons. The monoisotopic (exact) mass is 289 g/mol. The Morgan fingerprint density at radius 2 is 1.71 bits per heavy atom. The lowest BCUT2D eigenvalue weighted by Gasteiger charge is -2.57. The van der Waals surface area contributed by atoms with E-state index in [0.717, 1.165) is 37.0 Å². The lowest BCUT2D eigenvalue weighted by atomic mass is 9.53. The standard InChI is InChI=1S/C17H20FNO2/c18-14-3-1-2-13(16(20)21)15(14)19-17-7-10-4-11(8-17)6-12(5-10)9-17/h1-3,10-12,19H,4-9H2,(H,20,21). The summed E-state index contributed by atoms with van der Waals surface area (Å²) in [5.74, 6) is 0.698. The SMILES string of the molecule is O=C(O)c1cccc(F)c1NC12CC3CC(CC(C3)C1)C2. The maximum absolute atomic E-state index is 14.2. The van der Waals surface area contributed by atoms with Crippen LogP contribution >= 0.6 is 0 Å². The molecular weight excluding hydrogens is 269 g/mol. The fourth-order valence-corrected chi connectivity index (χ4v) is 5.36. The number of aromatic carboxylic acids is 1. The van der Waals surface area contributed by atoms with Crippen molar-refractivity contribution in [1.82, 2.24) is 0 Å². The summed E-state index contributed by atoms with van der Waals surface area (Å²) in [6, 6.07) is 4.28. The number of anilines is 1. The Hall–Kier alpha value is -1.58. The van der Waals surface area contributed by atoms with E-state index in [1.165, 1.54) is 37.5 Å². The molecule has 4 saturated carbocycles. The van der Waals surface area contributed by atoms with E-state index in [1.807, 2.05) is 0 Å². The first kappa shape index (κ1) is 13.1. The molecule has 0 aromatic heterocycles. The second-order valence-electron chi connectivity index (χ2n) is 7.29. The van der Waals surface area contributed by atoms with E-state index in [-0.39, 0.29) is 16.8 Å². The Bertz CT molecular complexity index is 563. The number of carbonyl (C=O) groups is 1. The van der Waals surface area contributed by atoms with Crippen LogP contribution in [0.1, 0.15) is 48.9 Å². The van der Waals surface area contributed by atoms with Crippen molar-refractivity contribution >= 4 is 11.7 Å². The van der Waals surface area contributed by atoms with Gasteiger partial charge in [0.25, 0.3) is 0 Å². The van der Waals surface area contributed by atoms with Crippen LogP contribution < -0.4 is 5.32 Å². The van der Waals surface area contributed by atoms with Gasteiger partial charge in [-0.3, -0.25) is 0 Å². The zero-order chi connectivity index (χ0) is 14.6. The number of benzene rings is 1. The van der Waals surface area contributed by atoms with Crippen LogP contribution in [0.2, 0.25) is 0 Å². The first-order valence-electron chi connectivity index (χ1n) is 7.85. The van der Waals surface area contributed by atoms with Gasteiger partial charge < -0.3 is 10.4 Å². The average molecular weight is 289 g/mol. The Labute approximate surface area is 123 Å². The number of nitrogens with one attached hydrogen (secondary N) is 1. The highest BCUT2D eigenvalue weighted by Gasteiger charge is 2.51. The molecule has 4 heteroatoms. The van der Waals surface area contributed by atoms with Gasteiger partial charge in [-0.25, -0.2) is 9.18 Å². The van der Waals surface area contributed by atoms with Gasteiger partial charge in [-0.15, -0.1) is 0 Å². The van der Waals surface area contributed by atoms with Crippen LogP contribution in [0.3, 0.4) is 0 Å². The fraction of sp³-hybridized carbons (Fsp3) is 0.588. The van der Waals surface area contributed by atoms with Crippen LogP contribution in [0.5, 0.6) is 0 Å². The second-order valence-corrected chi connectivity index (χ2v) is 7.29. The zero-order valence-electron chi connectivity index (χ0n) is 11.9. The molecule has 0 amide bonds. The van der Waals surface area contributed by atoms with Gasteiger partial charge in [0.15, 0.2) is 0 Å². The molecule has 21 heavy (non-hydrogen) atoms. The summed E-state index contributed by atoms with van der Waals surface area (Å²) in [5.41, 5.74) is 0.152. The lowest BCUT2D eigenvalue weighted by Crippen LogP contribution is -2.55. The molecule has 0 heterocycles. The van der Waals surface area contributed by atoms with E-state index in [9.17, 15) is 14.3 Å². The molecule has 0 atom stereocenters. The molecule has 4 aliphatic carbocycles. The molecule has 0 unspecified atom stereocenters. The highest BCUT2D eigenvalue weighted by atomic mass is 19.1. The van der Waals surface area contributed by atoms with Gasteiger partial charge >= 0.3 is 5.97 Å². The van der Waals surface area contributed by atoms with Gasteiger partial charge in [-0.05, 0) is 68.4 Å². The summed E-state index contributed by atoms with van der Waals surface area (Å²) >= 11 is 0. The normalized spacial score (nSPS) is 36.7. The van der Waals surface area contributed by atoms with Crippen LogP contribution in [0.25, 0.3) is 0 Å². The number of carboxylic acid groups (broad SMARTS) is 1. The van der Waals surface area contributed by atoms with E-state index in [0.29, 0.717) is 0 Å². The second kappa shape index (κ2) is 4.46. The van der Waals surface area contributed by atoms with Gasteiger partial charge in [-0.2, -0.15) is 0 Å². The van der Waals surface area contributed by atoms with Crippen molar-refractivity contribution in [3.63, 3.8) is 0 Å². The Morgan fingerprint density at radius 3 is 2.24 bits per heavy atom. The average Bonchev–Trinajstić information content (AvgIpc) is 2.39. The molecule has 4 bridgehead atoms. The van der Waals surface area contributed by atoms with Crippen molar-refractivity contribution in [3.8, 4) is 0 Å². The van der Waals surface area contributed by atoms with Crippen LogP contribution in [-0.4, -0.2) is 16.6 Å². The van der Waals surface area contributed by atoms with Crippen LogP contribution in [0, 0.1) is 23.6 Å². The molecule has 1 aromatic carbocycles. The van der Waals surface area contributed by atoms with Gasteiger partial charge in [0.2, 0.25) is 0 Å². The third-order valence-electron chi connectivity index (χ3n) is 5.67. The van der Waals surface area contributed by atoms with E-state index < -0.39 is 11.8 Å². The van der Waals surface area contributed by atoms with Crippen molar-refractivity contribution in [3.05, 3.63) is 29.6 Å². The van der Waals surface area contributed by atoms with Gasteiger partial charge in [0, 0.05) is 5.54 Å². The van der Waals surface area contributed by atoms with Crippen molar-refractivity contribution in [2.24, 2.45) is 17.8 Å². The molecule has 3 nitrogen and oxygen atoms in total. The molecule has 4 fully saturated rings. The molecule has 0 aliphatic heterocycles. The van der Waals surface area contributed by atoms with Gasteiger partial charge in [-0.1, -0.05) is 6.07 Å². The highest BCUT2D eigenvalue weighted by Crippen LogP contribution is 2.56. The smallest absolute Gasteiger partial charge is 0.337 e. The number of halogens is 1. The molecule has 0 saturated heterocycles. The maximum Gasteiger partial charge on any atom is 0.337 e. The summed E-state index contributed by atoms with van der Waals surface area (Å²) < 4.78 is 14.2. The molecule has 1 aromatic rings. The summed E-state index contributed by atoms with van der Waals surface area (Å²) in [4.78, 5) is 11.4. The summed E-state index contributed by atoms with van der Waals surface area (Å²) in [5, 5.41) is 12.6. The van der Waals surface area contributed by atoms with E-state index in [1.54, 1.807) is 0 Å². The quantitative estimate of drug-likeness (QED) is 0.887. The first-order chi connectivity index (χ1) is 10.0.